The van der Waals surface area contributed by atoms with Crippen molar-refractivity contribution < 1.29 is 14.4 Å². The summed E-state index contributed by atoms with van der Waals surface area (Å²) >= 11 is 0. The van der Waals surface area contributed by atoms with Crippen LogP contribution in [-0.4, -0.2) is 29.4 Å². The predicted molar refractivity (Wildman–Crippen MR) is 58.6 cm³/mol. The monoisotopic (exact) mass is 223 g/mol. The number of rotatable bonds is 5. The van der Waals surface area contributed by atoms with E-state index in [1.165, 1.54) is 0 Å². The Balaban J connectivity index is 4.42. The lowest BCUT2D eigenvalue weighted by molar-refractivity contribution is -0.137. The van der Waals surface area contributed by atoms with Gasteiger partial charge < -0.3 is 5.32 Å². The minimum atomic E-state index is -0.567. The first-order chi connectivity index (χ1) is 7.54. The Kier molecular flexibility index (Phi) is 5.96. The summed E-state index contributed by atoms with van der Waals surface area (Å²) in [5.41, 5.74) is 2.20. The first-order valence-corrected chi connectivity index (χ1v) is 4.32. The number of nitrogens with zero attached hydrogens (tertiary/aromatic N) is 1. The van der Waals surface area contributed by atoms with Crippen LogP contribution in [0.4, 0.5) is 0 Å². The molecule has 0 unspecified atom stereocenters. The maximum absolute atomic E-state index is 11.2. The van der Waals surface area contributed by atoms with Crippen LogP contribution in [0.25, 0.3) is 0 Å². The number of nitrogens with one attached hydrogen (secondary N) is 2. The molecular weight excluding hydrogens is 210 g/mol. The summed E-state index contributed by atoms with van der Waals surface area (Å²) in [6, 6.07) is 0. The molecule has 86 valence electrons. The number of hydrazine groups is 1. The van der Waals surface area contributed by atoms with Gasteiger partial charge in [-0.25, -0.2) is 5.01 Å². The van der Waals surface area contributed by atoms with Gasteiger partial charge in [-0.2, -0.15) is 0 Å². The van der Waals surface area contributed by atoms with Crippen LogP contribution in [0.3, 0.4) is 0 Å². The van der Waals surface area contributed by atoms with Gasteiger partial charge in [0.1, 0.15) is 6.67 Å². The number of carbonyl (C=O) groups excluding carboxylic acids is 3. The molecule has 16 heavy (non-hydrogen) atoms. The molecule has 0 aromatic carbocycles. The van der Waals surface area contributed by atoms with Gasteiger partial charge in [-0.3, -0.25) is 19.8 Å². The molecule has 0 aliphatic carbocycles. The summed E-state index contributed by atoms with van der Waals surface area (Å²) < 4.78 is 0. The molecule has 6 heteroatoms. The highest BCUT2D eigenvalue weighted by Gasteiger charge is 2.11. The molecule has 2 N–H and O–H groups in total. The Morgan fingerprint density at radius 3 is 2.00 bits per heavy atom. The van der Waals surface area contributed by atoms with Gasteiger partial charge in [-0.1, -0.05) is 19.7 Å². The number of amides is 3. The Hall–Kier alpha value is -2.37. The molecule has 0 saturated carbocycles. The second-order valence-corrected chi connectivity index (χ2v) is 2.55. The van der Waals surface area contributed by atoms with Gasteiger partial charge in [-0.15, -0.1) is 0 Å². The van der Waals surface area contributed by atoms with Crippen molar-refractivity contribution in [1.29, 1.82) is 0 Å². The van der Waals surface area contributed by atoms with E-state index in [1.54, 1.807) is 0 Å². The van der Waals surface area contributed by atoms with Crippen LogP contribution >= 0.6 is 0 Å². The molecule has 0 saturated heterocycles. The Labute approximate surface area is 93.3 Å². The molecule has 3 amide bonds. The SMILES string of the molecule is C=CC(=O)NCN(NC(=O)C=C)C(=O)C=C. The van der Waals surface area contributed by atoms with E-state index in [1.807, 2.05) is 0 Å². The van der Waals surface area contributed by atoms with Crippen molar-refractivity contribution in [3.05, 3.63) is 38.0 Å². The van der Waals surface area contributed by atoms with E-state index < -0.39 is 17.7 Å². The minimum Gasteiger partial charge on any atom is -0.333 e. The van der Waals surface area contributed by atoms with Crippen LogP contribution in [0.5, 0.6) is 0 Å². The first-order valence-electron chi connectivity index (χ1n) is 4.32. The third kappa shape index (κ3) is 4.75. The van der Waals surface area contributed by atoms with Gasteiger partial charge in [0.25, 0.3) is 11.8 Å². The van der Waals surface area contributed by atoms with E-state index in [0.29, 0.717) is 0 Å². The van der Waals surface area contributed by atoms with Crippen LogP contribution in [-0.2, 0) is 14.4 Å². The van der Waals surface area contributed by atoms with Crippen LogP contribution in [0, 0.1) is 0 Å². The topological polar surface area (TPSA) is 78.5 Å². The maximum atomic E-state index is 11.2. The van der Waals surface area contributed by atoms with Crippen molar-refractivity contribution in [2.45, 2.75) is 0 Å². The molecule has 0 aromatic heterocycles. The molecular formula is C10H13N3O3. The van der Waals surface area contributed by atoms with Gasteiger partial charge in [0.15, 0.2) is 0 Å². The van der Waals surface area contributed by atoms with Gasteiger partial charge in [-0.05, 0) is 18.2 Å². The average molecular weight is 223 g/mol. The second kappa shape index (κ2) is 6.99. The molecule has 0 fully saturated rings. The van der Waals surface area contributed by atoms with Crippen LogP contribution < -0.4 is 10.7 Å². The number of hydrogen-bond acceptors (Lipinski definition) is 3. The highest BCUT2D eigenvalue weighted by atomic mass is 16.2. The summed E-state index contributed by atoms with van der Waals surface area (Å²) in [5.74, 6) is -1.59. The van der Waals surface area contributed by atoms with E-state index in [9.17, 15) is 14.4 Å². The second-order valence-electron chi connectivity index (χ2n) is 2.55. The molecule has 0 rings (SSSR count). The van der Waals surface area contributed by atoms with Crippen molar-refractivity contribution in [2.24, 2.45) is 0 Å². The summed E-state index contributed by atoms with van der Waals surface area (Å²) in [7, 11) is 0. The van der Waals surface area contributed by atoms with Crippen molar-refractivity contribution in [1.82, 2.24) is 15.8 Å². The number of hydrogen-bond donors (Lipinski definition) is 2. The fourth-order valence-corrected chi connectivity index (χ4v) is 0.691. The fourth-order valence-electron chi connectivity index (χ4n) is 0.691. The van der Waals surface area contributed by atoms with E-state index in [2.05, 4.69) is 30.5 Å². The third-order valence-electron chi connectivity index (χ3n) is 1.47. The Morgan fingerprint density at radius 2 is 1.56 bits per heavy atom. The van der Waals surface area contributed by atoms with E-state index in [-0.39, 0.29) is 6.67 Å². The van der Waals surface area contributed by atoms with Crippen molar-refractivity contribution in [3.63, 3.8) is 0 Å². The molecule has 0 atom stereocenters. The van der Waals surface area contributed by atoms with Gasteiger partial charge in [0, 0.05) is 0 Å². The van der Waals surface area contributed by atoms with Crippen LogP contribution in [0.2, 0.25) is 0 Å². The fraction of sp³-hybridized carbons (Fsp3) is 0.100. The van der Waals surface area contributed by atoms with Gasteiger partial charge in [0.2, 0.25) is 5.91 Å². The van der Waals surface area contributed by atoms with Crippen LogP contribution in [0.15, 0.2) is 38.0 Å². The first kappa shape index (κ1) is 13.6. The van der Waals surface area contributed by atoms with Crippen molar-refractivity contribution in [3.8, 4) is 0 Å². The van der Waals surface area contributed by atoms with Crippen molar-refractivity contribution >= 4 is 17.7 Å². The molecule has 0 heterocycles. The lowest BCUT2D eigenvalue weighted by Gasteiger charge is -2.20. The van der Waals surface area contributed by atoms with Crippen molar-refractivity contribution in [2.75, 3.05) is 6.67 Å². The normalized spacial score (nSPS) is 8.50. The lowest BCUT2D eigenvalue weighted by atomic mass is 10.5. The van der Waals surface area contributed by atoms with E-state index >= 15 is 0 Å². The molecule has 0 aromatic rings. The smallest absolute Gasteiger partial charge is 0.266 e. The van der Waals surface area contributed by atoms with Gasteiger partial charge in [0.05, 0.1) is 0 Å². The summed E-state index contributed by atoms with van der Waals surface area (Å²) in [6.07, 6.45) is 3.05. The largest absolute Gasteiger partial charge is 0.333 e. The molecule has 0 radical (unpaired) electrons. The predicted octanol–water partition coefficient (Wildman–Crippen LogP) is -0.522. The molecule has 0 spiro atoms. The lowest BCUT2D eigenvalue weighted by Crippen LogP contribution is -2.50. The number of carbonyl (C=O) groups is 3. The quantitative estimate of drug-likeness (QED) is 0.374. The average Bonchev–Trinajstić information content (AvgIpc) is 2.32. The molecule has 0 bridgehead atoms. The van der Waals surface area contributed by atoms with E-state index in [0.717, 1.165) is 23.2 Å². The summed E-state index contributed by atoms with van der Waals surface area (Å²) in [4.78, 5) is 33.1. The maximum Gasteiger partial charge on any atom is 0.266 e. The molecule has 0 aliphatic heterocycles. The zero-order chi connectivity index (χ0) is 12.6. The minimum absolute atomic E-state index is 0.185. The van der Waals surface area contributed by atoms with E-state index in [4.69, 9.17) is 0 Å². The highest BCUT2D eigenvalue weighted by molar-refractivity contribution is 5.93. The standard InChI is InChI=1S/C10H13N3O3/c1-4-8(14)11-7-13(10(16)6-3)12-9(15)5-2/h4-6H,1-3,7H2,(H,11,14)(H,12,15). The van der Waals surface area contributed by atoms with Crippen LogP contribution in [0.1, 0.15) is 0 Å². The Bertz CT molecular complexity index is 336. The Morgan fingerprint density at radius 1 is 1.00 bits per heavy atom. The van der Waals surface area contributed by atoms with Gasteiger partial charge >= 0.3 is 0 Å². The summed E-state index contributed by atoms with van der Waals surface area (Å²) in [6.45, 7) is 9.55. The zero-order valence-electron chi connectivity index (χ0n) is 8.73. The highest BCUT2D eigenvalue weighted by Crippen LogP contribution is 1.85. The summed E-state index contributed by atoms with van der Waals surface area (Å²) in [5, 5.41) is 3.22. The molecule has 0 aliphatic rings. The third-order valence-corrected chi connectivity index (χ3v) is 1.47. The zero-order valence-corrected chi connectivity index (χ0v) is 8.73. The molecule has 6 nitrogen and oxygen atoms in total.